The number of thiol groups is 1. The fourth-order valence-electron chi connectivity index (χ4n) is 2.96. The lowest BCUT2D eigenvalue weighted by Crippen LogP contribution is -2.41. The number of carbonyl (C=O) groups is 2. The predicted molar refractivity (Wildman–Crippen MR) is 113 cm³/mol. The summed E-state index contributed by atoms with van der Waals surface area (Å²) >= 11 is 0. The van der Waals surface area contributed by atoms with Gasteiger partial charge in [0.15, 0.2) is 0 Å². The number of alkyl halides is 3. The van der Waals surface area contributed by atoms with Gasteiger partial charge in [0.25, 0.3) is 0 Å². The molecule has 2 aliphatic rings. The van der Waals surface area contributed by atoms with Gasteiger partial charge in [0, 0.05) is 32.7 Å². The largest absolute Gasteiger partial charge is 0.492 e. The van der Waals surface area contributed by atoms with Crippen LogP contribution in [-0.4, -0.2) is 92.0 Å². The number of nitrogens with zero attached hydrogens (tertiary/aromatic N) is 2. The summed E-state index contributed by atoms with van der Waals surface area (Å²) in [5.74, 6) is -3.00. The first kappa shape index (κ1) is 27.8. The Balaban J connectivity index is 0.000000509. The Bertz CT molecular complexity index is 908. The normalized spacial score (nSPS) is 16.7. The number of halogens is 3. The fraction of sp³-hybridized carbons (Fsp3) is 0.600. The zero-order chi connectivity index (χ0) is 25.3. The second-order valence-corrected chi connectivity index (χ2v) is 8.81. The van der Waals surface area contributed by atoms with Gasteiger partial charge in [-0.2, -0.15) is 17.5 Å². The van der Waals surface area contributed by atoms with Crippen molar-refractivity contribution in [3.63, 3.8) is 0 Å². The molecule has 0 atom stereocenters. The zero-order valence-electron chi connectivity index (χ0n) is 18.2. The van der Waals surface area contributed by atoms with E-state index in [9.17, 15) is 31.5 Å². The highest BCUT2D eigenvalue weighted by Crippen LogP contribution is 2.31. The number of benzene rings is 1. The maximum absolute atomic E-state index is 11.7. The lowest BCUT2D eigenvalue weighted by molar-refractivity contribution is -0.192. The third kappa shape index (κ3) is 9.83. The van der Waals surface area contributed by atoms with Gasteiger partial charge >= 0.3 is 18.1 Å². The number of aliphatic carboxylic acids is 1. The van der Waals surface area contributed by atoms with Crippen LogP contribution in [0, 0.1) is 5.92 Å². The topological polar surface area (TPSA) is 134 Å². The molecule has 1 aliphatic carbocycles. The van der Waals surface area contributed by atoms with Crippen LogP contribution in [0.3, 0.4) is 0 Å². The molecule has 3 rings (SSSR count). The van der Waals surface area contributed by atoms with Gasteiger partial charge in [-0.3, -0.25) is 4.90 Å². The minimum atomic E-state index is -5.08. The summed E-state index contributed by atoms with van der Waals surface area (Å²) in [7, 11) is -2.73. The van der Waals surface area contributed by atoms with Crippen LogP contribution >= 0.6 is 0 Å². The van der Waals surface area contributed by atoms with Crippen LogP contribution in [0.5, 0.6) is 5.75 Å². The molecule has 1 aliphatic heterocycles. The van der Waals surface area contributed by atoms with Crippen molar-refractivity contribution >= 4 is 22.8 Å². The first-order chi connectivity index (χ1) is 16.0. The first-order valence-electron chi connectivity index (χ1n) is 10.5. The molecule has 0 aromatic heterocycles. The molecule has 2 fully saturated rings. The van der Waals surface area contributed by atoms with Crippen LogP contribution < -0.4 is 4.74 Å². The SMILES string of the molecule is O=C(O)C(F)(F)F.O=C(O)c1ccc(CN(CCN2CCOCC2)[SH](=O)=O)cc1OCC1CC1. The number of aromatic carboxylic acids is 1. The summed E-state index contributed by atoms with van der Waals surface area (Å²) in [5, 5.41) is 16.5. The average molecular weight is 513 g/mol. The van der Waals surface area contributed by atoms with Crippen molar-refractivity contribution in [3.8, 4) is 5.75 Å². The van der Waals surface area contributed by atoms with Crippen molar-refractivity contribution in [1.29, 1.82) is 0 Å². The number of carboxylic acids is 2. The summed E-state index contributed by atoms with van der Waals surface area (Å²) in [6, 6.07) is 4.78. The van der Waals surface area contributed by atoms with Crippen LogP contribution in [0.15, 0.2) is 18.2 Å². The predicted octanol–water partition coefficient (Wildman–Crippen LogP) is 1.47. The third-order valence-corrected chi connectivity index (χ3v) is 5.87. The lowest BCUT2D eigenvalue weighted by Gasteiger charge is -2.28. The van der Waals surface area contributed by atoms with Crippen molar-refractivity contribution in [2.45, 2.75) is 25.6 Å². The highest BCUT2D eigenvalue weighted by Gasteiger charge is 2.38. The number of hydrogen-bond acceptors (Lipinski definition) is 7. The van der Waals surface area contributed by atoms with Gasteiger partial charge in [0.2, 0.25) is 10.9 Å². The highest BCUT2D eigenvalue weighted by molar-refractivity contribution is 7.69. The van der Waals surface area contributed by atoms with Crippen LogP contribution in [-0.2, 0) is 27.0 Å². The fourth-order valence-corrected chi connectivity index (χ4v) is 3.50. The highest BCUT2D eigenvalue weighted by atomic mass is 32.2. The molecule has 0 radical (unpaired) electrons. The van der Waals surface area contributed by atoms with Gasteiger partial charge in [-0.1, -0.05) is 6.07 Å². The van der Waals surface area contributed by atoms with E-state index in [1.165, 1.54) is 10.4 Å². The van der Waals surface area contributed by atoms with E-state index in [0.29, 0.717) is 50.1 Å². The van der Waals surface area contributed by atoms with E-state index < -0.39 is 29.0 Å². The van der Waals surface area contributed by atoms with E-state index in [-0.39, 0.29) is 12.1 Å². The maximum atomic E-state index is 11.7. The van der Waals surface area contributed by atoms with Crippen molar-refractivity contribution in [2.75, 3.05) is 46.0 Å². The molecular weight excluding hydrogens is 485 g/mol. The minimum absolute atomic E-state index is 0.103. The zero-order valence-corrected chi connectivity index (χ0v) is 19.1. The molecule has 1 heterocycles. The summed E-state index contributed by atoms with van der Waals surface area (Å²) in [6.07, 6.45) is -2.87. The quantitative estimate of drug-likeness (QED) is 0.399. The average Bonchev–Trinajstić information content (AvgIpc) is 3.60. The standard InChI is InChI=1S/C18H26N2O6S.C2HF3O2/c21-18(22)16-4-3-15(11-17(16)26-13-14-1-2-14)12-20(27(23)24)6-5-19-7-9-25-10-8-19;3-2(4,5)1(6)7/h3-4,11,14,27H,1-2,5-10,12-13H2,(H,21,22);(H,6,7). The molecular formula is C20H27F3N2O8S. The molecule has 34 heavy (non-hydrogen) atoms. The van der Waals surface area contributed by atoms with Crippen molar-refractivity contribution in [2.24, 2.45) is 5.92 Å². The van der Waals surface area contributed by atoms with Gasteiger partial charge in [-0.25, -0.2) is 18.0 Å². The molecule has 192 valence electrons. The second kappa shape index (κ2) is 12.9. The molecule has 1 saturated heterocycles. The van der Waals surface area contributed by atoms with Crippen molar-refractivity contribution in [3.05, 3.63) is 29.3 Å². The maximum Gasteiger partial charge on any atom is 0.490 e. The number of hydrogen-bond donors (Lipinski definition) is 3. The molecule has 10 nitrogen and oxygen atoms in total. The molecule has 0 bridgehead atoms. The third-order valence-electron chi connectivity index (χ3n) is 5.06. The van der Waals surface area contributed by atoms with E-state index >= 15 is 0 Å². The Morgan fingerprint density at radius 2 is 1.79 bits per heavy atom. The Kier molecular flexibility index (Phi) is 10.5. The van der Waals surface area contributed by atoms with E-state index in [0.717, 1.165) is 25.9 Å². The number of rotatable bonds is 10. The van der Waals surface area contributed by atoms with Crippen LogP contribution in [0.1, 0.15) is 28.8 Å². The Hall–Kier alpha value is -2.42. The van der Waals surface area contributed by atoms with Crippen LogP contribution in [0.2, 0.25) is 0 Å². The Morgan fingerprint density at radius 1 is 1.18 bits per heavy atom. The van der Waals surface area contributed by atoms with Gasteiger partial charge in [-0.15, -0.1) is 0 Å². The van der Waals surface area contributed by atoms with Gasteiger partial charge in [0.1, 0.15) is 11.3 Å². The van der Waals surface area contributed by atoms with Crippen LogP contribution in [0.25, 0.3) is 0 Å². The minimum Gasteiger partial charge on any atom is -0.492 e. The Labute approximate surface area is 195 Å². The number of ether oxygens (including phenoxy) is 2. The molecule has 1 aromatic carbocycles. The smallest absolute Gasteiger partial charge is 0.490 e. The van der Waals surface area contributed by atoms with Gasteiger partial charge < -0.3 is 19.7 Å². The summed E-state index contributed by atoms with van der Waals surface area (Å²) < 4.78 is 67.4. The van der Waals surface area contributed by atoms with Gasteiger partial charge in [0.05, 0.1) is 19.8 Å². The van der Waals surface area contributed by atoms with E-state index in [2.05, 4.69) is 4.90 Å². The van der Waals surface area contributed by atoms with E-state index in [1.807, 2.05) is 0 Å². The van der Waals surface area contributed by atoms with E-state index in [1.54, 1.807) is 12.1 Å². The van der Waals surface area contributed by atoms with Crippen LogP contribution in [0.4, 0.5) is 13.2 Å². The second-order valence-electron chi connectivity index (χ2n) is 7.77. The Morgan fingerprint density at radius 3 is 2.29 bits per heavy atom. The molecule has 1 saturated carbocycles. The summed E-state index contributed by atoms with van der Waals surface area (Å²) in [4.78, 5) is 22.5. The first-order valence-corrected chi connectivity index (χ1v) is 11.6. The molecule has 1 aromatic rings. The monoisotopic (exact) mass is 512 g/mol. The number of carboxylic acid groups (broad SMARTS) is 2. The number of morpholine rings is 1. The molecule has 0 unspecified atom stereocenters. The molecule has 0 amide bonds. The van der Waals surface area contributed by atoms with E-state index in [4.69, 9.17) is 19.4 Å². The molecule has 14 heteroatoms. The molecule has 0 spiro atoms. The lowest BCUT2D eigenvalue weighted by atomic mass is 10.1. The van der Waals surface area contributed by atoms with Gasteiger partial charge in [-0.05, 0) is 36.5 Å². The van der Waals surface area contributed by atoms with Crippen molar-refractivity contribution in [1.82, 2.24) is 9.21 Å². The summed E-state index contributed by atoms with van der Waals surface area (Å²) in [5.41, 5.74) is 0.817. The summed E-state index contributed by atoms with van der Waals surface area (Å²) in [6.45, 7) is 4.67. The van der Waals surface area contributed by atoms with Crippen molar-refractivity contribution < 1.29 is 50.9 Å². The molecule has 2 N–H and O–H groups in total.